The first kappa shape index (κ1) is 18.7. The fourth-order valence-electron chi connectivity index (χ4n) is 3.28. The summed E-state index contributed by atoms with van der Waals surface area (Å²) in [6.45, 7) is 0. The molecule has 3 aromatic rings. The number of carbonyl (C=O) groups is 1. The van der Waals surface area contributed by atoms with Gasteiger partial charge in [0.2, 0.25) is 5.91 Å². The van der Waals surface area contributed by atoms with Gasteiger partial charge in [0.25, 0.3) is 0 Å². The minimum Gasteiger partial charge on any atom is -0.272 e. The Hall–Kier alpha value is -2.63. The minimum absolute atomic E-state index is 0.100. The maximum atomic E-state index is 13.7. The van der Waals surface area contributed by atoms with E-state index >= 15 is 0 Å². The van der Waals surface area contributed by atoms with Gasteiger partial charge in [0.15, 0.2) is 0 Å². The van der Waals surface area contributed by atoms with Gasteiger partial charge >= 0.3 is 0 Å². The van der Waals surface area contributed by atoms with Crippen molar-refractivity contribution in [2.75, 3.05) is 5.75 Å². The average Bonchev–Trinajstić information content (AvgIpc) is 3.02. The molecule has 0 radical (unpaired) electrons. The third kappa shape index (κ3) is 3.68. The lowest BCUT2D eigenvalue weighted by Gasteiger charge is -2.12. The van der Waals surface area contributed by atoms with Crippen LogP contribution in [0.1, 0.15) is 21.9 Å². The Morgan fingerprint density at radius 2 is 1.68 bits per heavy atom. The van der Waals surface area contributed by atoms with Crippen LogP contribution in [-0.4, -0.2) is 17.9 Å². The molecule has 0 aromatic heterocycles. The highest BCUT2D eigenvalue weighted by atomic mass is 35.5. The molecule has 1 amide bonds. The molecule has 6 heteroatoms. The monoisotopic (exact) mass is 410 g/mol. The molecule has 0 heterocycles. The lowest BCUT2D eigenvalue weighted by Crippen LogP contribution is -2.20. The highest BCUT2D eigenvalue weighted by Gasteiger charge is 2.28. The van der Waals surface area contributed by atoms with Crippen LogP contribution in [0.25, 0.3) is 11.1 Å². The summed E-state index contributed by atoms with van der Waals surface area (Å²) in [7, 11) is 0. The van der Waals surface area contributed by atoms with E-state index < -0.39 is 5.82 Å². The summed E-state index contributed by atoms with van der Waals surface area (Å²) >= 11 is 7.48. The molecular weight excluding hydrogens is 395 g/mol. The van der Waals surface area contributed by atoms with E-state index in [1.54, 1.807) is 17.8 Å². The van der Waals surface area contributed by atoms with E-state index in [2.05, 4.69) is 34.8 Å². The van der Waals surface area contributed by atoms with Crippen LogP contribution >= 0.6 is 23.4 Å². The van der Waals surface area contributed by atoms with Gasteiger partial charge in [-0.15, -0.1) is 11.8 Å². The van der Waals surface area contributed by atoms with Crippen LogP contribution in [0.5, 0.6) is 0 Å². The van der Waals surface area contributed by atoms with Crippen molar-refractivity contribution in [2.45, 2.75) is 5.25 Å². The predicted molar refractivity (Wildman–Crippen MR) is 113 cm³/mol. The molecule has 0 fully saturated rings. The number of hydrogen-bond donors (Lipinski definition) is 1. The van der Waals surface area contributed by atoms with Crippen LogP contribution in [-0.2, 0) is 4.79 Å². The largest absolute Gasteiger partial charge is 0.272 e. The molecule has 0 bridgehead atoms. The topological polar surface area (TPSA) is 41.5 Å². The van der Waals surface area contributed by atoms with Gasteiger partial charge in [-0.05, 0) is 34.4 Å². The van der Waals surface area contributed by atoms with E-state index in [9.17, 15) is 9.18 Å². The first-order valence-electron chi connectivity index (χ1n) is 8.71. The number of carbonyl (C=O) groups excluding carboxylic acids is 1. The molecule has 0 saturated heterocycles. The number of hydrazone groups is 1. The Bertz CT molecular complexity index is 1000. The van der Waals surface area contributed by atoms with Gasteiger partial charge in [-0.2, -0.15) is 5.10 Å². The molecule has 28 heavy (non-hydrogen) atoms. The number of benzene rings is 3. The highest BCUT2D eigenvalue weighted by molar-refractivity contribution is 8.00. The number of halogens is 2. The Labute approximate surface area is 171 Å². The van der Waals surface area contributed by atoms with Crippen molar-refractivity contribution in [1.82, 2.24) is 5.43 Å². The summed E-state index contributed by atoms with van der Waals surface area (Å²) < 4.78 is 13.7. The SMILES string of the molecule is O=C(CSC1c2ccccc2-c2ccccc21)N/N=C/c1c(F)cccc1Cl. The lowest BCUT2D eigenvalue weighted by molar-refractivity contribution is -0.118. The van der Waals surface area contributed by atoms with Gasteiger partial charge in [-0.25, -0.2) is 9.82 Å². The summed E-state index contributed by atoms with van der Waals surface area (Å²) in [6, 6.07) is 20.9. The minimum atomic E-state index is -0.487. The molecule has 4 rings (SSSR count). The number of thioether (sulfide) groups is 1. The third-order valence-corrected chi connectivity index (χ3v) is 6.14. The molecule has 1 N–H and O–H groups in total. The molecule has 140 valence electrons. The Balaban J connectivity index is 1.42. The fraction of sp³-hybridized carbons (Fsp3) is 0.0909. The van der Waals surface area contributed by atoms with E-state index in [-0.39, 0.29) is 27.5 Å². The molecule has 3 aromatic carbocycles. The first-order valence-corrected chi connectivity index (χ1v) is 10.1. The first-order chi connectivity index (χ1) is 13.6. The van der Waals surface area contributed by atoms with Gasteiger partial charge in [-0.3, -0.25) is 4.79 Å². The number of nitrogens with one attached hydrogen (secondary N) is 1. The van der Waals surface area contributed by atoms with Crippen molar-refractivity contribution in [1.29, 1.82) is 0 Å². The van der Waals surface area contributed by atoms with Gasteiger partial charge < -0.3 is 0 Å². The predicted octanol–water partition coefficient (Wildman–Crippen LogP) is 5.43. The normalized spacial score (nSPS) is 12.8. The second kappa shape index (κ2) is 8.17. The van der Waals surface area contributed by atoms with Crippen LogP contribution in [0.3, 0.4) is 0 Å². The molecule has 1 aliphatic rings. The van der Waals surface area contributed by atoms with Crippen molar-refractivity contribution in [3.63, 3.8) is 0 Å². The maximum Gasteiger partial charge on any atom is 0.250 e. The summed E-state index contributed by atoms with van der Waals surface area (Å²) in [6.07, 6.45) is 1.22. The highest BCUT2D eigenvalue weighted by Crippen LogP contribution is 2.49. The van der Waals surface area contributed by atoms with Crippen LogP contribution in [0.4, 0.5) is 4.39 Å². The molecule has 0 atom stereocenters. The van der Waals surface area contributed by atoms with E-state index in [1.165, 1.54) is 40.6 Å². The smallest absolute Gasteiger partial charge is 0.250 e. The number of hydrogen-bond acceptors (Lipinski definition) is 3. The summed E-state index contributed by atoms with van der Waals surface area (Å²) in [5.74, 6) is -0.509. The van der Waals surface area contributed by atoms with Crippen molar-refractivity contribution in [3.05, 3.63) is 94.3 Å². The van der Waals surface area contributed by atoms with Gasteiger partial charge in [0, 0.05) is 5.56 Å². The zero-order chi connectivity index (χ0) is 19.5. The lowest BCUT2D eigenvalue weighted by atomic mass is 10.1. The van der Waals surface area contributed by atoms with E-state index in [0.717, 1.165) is 0 Å². The molecule has 0 aliphatic heterocycles. The number of fused-ring (bicyclic) bond motifs is 3. The molecule has 0 unspecified atom stereocenters. The summed E-state index contributed by atoms with van der Waals surface area (Å²) in [5.41, 5.74) is 7.44. The van der Waals surface area contributed by atoms with Crippen LogP contribution in [0.15, 0.2) is 71.8 Å². The molecule has 3 nitrogen and oxygen atoms in total. The standard InChI is InChI=1S/C22H16ClFN2OS/c23-19-10-5-11-20(24)18(19)12-25-26-21(27)13-28-22-16-8-3-1-6-14(16)15-7-2-4-9-17(15)22/h1-12,22H,13H2,(H,26,27)/b25-12+. The fourth-order valence-corrected chi connectivity index (χ4v) is 4.65. The van der Waals surface area contributed by atoms with Crippen LogP contribution in [0.2, 0.25) is 5.02 Å². The van der Waals surface area contributed by atoms with E-state index in [1.807, 2.05) is 24.3 Å². The van der Waals surface area contributed by atoms with Crippen molar-refractivity contribution in [2.24, 2.45) is 5.10 Å². The second-order valence-corrected chi connectivity index (χ2v) is 7.79. The zero-order valence-corrected chi connectivity index (χ0v) is 16.3. The quantitative estimate of drug-likeness (QED) is 0.450. The zero-order valence-electron chi connectivity index (χ0n) is 14.7. The summed E-state index contributed by atoms with van der Waals surface area (Å²) in [4.78, 5) is 12.2. The molecule has 1 aliphatic carbocycles. The van der Waals surface area contributed by atoms with E-state index in [0.29, 0.717) is 0 Å². The number of nitrogens with zero attached hydrogens (tertiary/aromatic N) is 1. The van der Waals surface area contributed by atoms with E-state index in [4.69, 9.17) is 11.6 Å². The molecule has 0 saturated carbocycles. The third-order valence-electron chi connectivity index (χ3n) is 4.54. The van der Waals surface area contributed by atoms with Crippen LogP contribution < -0.4 is 5.43 Å². The Morgan fingerprint density at radius 1 is 1.04 bits per heavy atom. The van der Waals surface area contributed by atoms with Crippen molar-refractivity contribution >= 4 is 35.5 Å². The van der Waals surface area contributed by atoms with Gasteiger partial charge in [0.1, 0.15) is 5.82 Å². The van der Waals surface area contributed by atoms with Gasteiger partial charge in [0.05, 0.1) is 22.2 Å². The number of amides is 1. The summed E-state index contributed by atoms with van der Waals surface area (Å²) in [5, 5.41) is 4.18. The molecule has 0 spiro atoms. The van der Waals surface area contributed by atoms with Crippen LogP contribution in [0, 0.1) is 5.82 Å². The Kier molecular flexibility index (Phi) is 5.46. The van der Waals surface area contributed by atoms with Gasteiger partial charge in [-0.1, -0.05) is 66.2 Å². The van der Waals surface area contributed by atoms with Crippen molar-refractivity contribution < 1.29 is 9.18 Å². The second-order valence-electron chi connectivity index (χ2n) is 6.29. The maximum absolute atomic E-state index is 13.7. The Morgan fingerprint density at radius 3 is 2.32 bits per heavy atom. The average molecular weight is 411 g/mol. The molecular formula is C22H16ClFN2OS. The number of rotatable bonds is 5. The van der Waals surface area contributed by atoms with Crippen molar-refractivity contribution in [3.8, 4) is 11.1 Å².